The van der Waals surface area contributed by atoms with Gasteiger partial charge in [0.2, 0.25) is 0 Å². The highest BCUT2D eigenvalue weighted by Gasteiger charge is 2.13. The number of hydrogen-bond donors (Lipinski definition) is 1. The van der Waals surface area contributed by atoms with Crippen molar-refractivity contribution >= 4 is 5.97 Å². The molecule has 0 amide bonds. The molecule has 6 nitrogen and oxygen atoms in total. The zero-order valence-corrected chi connectivity index (χ0v) is 10.9. The molecule has 0 aliphatic carbocycles. The van der Waals surface area contributed by atoms with Crippen molar-refractivity contribution in [3.63, 3.8) is 0 Å². The third-order valence-corrected chi connectivity index (χ3v) is 2.87. The van der Waals surface area contributed by atoms with Gasteiger partial charge in [-0.05, 0) is 18.7 Å². The molecule has 100 valence electrons. The fourth-order valence-corrected chi connectivity index (χ4v) is 1.90. The van der Waals surface area contributed by atoms with Crippen LogP contribution in [0.1, 0.15) is 21.9 Å². The topological polar surface area (TPSA) is 71.2 Å². The molecule has 0 saturated carbocycles. The standard InChI is InChI=1S/C13H16N4O2/c1-16(9-11-14-6-7-17(11)2)8-10-4-3-5-15-12(10)13(18)19/h3-7H,8-9H2,1-2H3,(H,18,19). The van der Waals surface area contributed by atoms with Gasteiger partial charge in [-0.2, -0.15) is 0 Å². The van der Waals surface area contributed by atoms with Gasteiger partial charge in [-0.1, -0.05) is 6.07 Å². The summed E-state index contributed by atoms with van der Waals surface area (Å²) in [6.45, 7) is 1.17. The van der Waals surface area contributed by atoms with Gasteiger partial charge in [-0.3, -0.25) is 4.90 Å². The van der Waals surface area contributed by atoms with Gasteiger partial charge in [0.15, 0.2) is 5.69 Å². The second kappa shape index (κ2) is 5.62. The number of nitrogens with zero attached hydrogens (tertiary/aromatic N) is 4. The van der Waals surface area contributed by atoms with Crippen LogP contribution in [-0.4, -0.2) is 37.6 Å². The molecule has 19 heavy (non-hydrogen) atoms. The first-order chi connectivity index (χ1) is 9.08. The van der Waals surface area contributed by atoms with E-state index in [2.05, 4.69) is 9.97 Å². The Morgan fingerprint density at radius 3 is 2.79 bits per heavy atom. The largest absolute Gasteiger partial charge is 0.477 e. The van der Waals surface area contributed by atoms with E-state index in [0.29, 0.717) is 18.7 Å². The van der Waals surface area contributed by atoms with Crippen LogP contribution in [0.2, 0.25) is 0 Å². The molecule has 0 aromatic carbocycles. The Hall–Kier alpha value is -2.21. The first-order valence-corrected chi connectivity index (χ1v) is 5.90. The molecule has 0 atom stereocenters. The second-order valence-electron chi connectivity index (χ2n) is 4.44. The lowest BCUT2D eigenvalue weighted by molar-refractivity contribution is 0.0688. The normalized spacial score (nSPS) is 10.9. The van der Waals surface area contributed by atoms with E-state index in [1.165, 1.54) is 6.20 Å². The molecular formula is C13H16N4O2. The third-order valence-electron chi connectivity index (χ3n) is 2.87. The number of imidazole rings is 1. The zero-order valence-electron chi connectivity index (χ0n) is 10.9. The predicted molar refractivity (Wildman–Crippen MR) is 69.6 cm³/mol. The summed E-state index contributed by atoms with van der Waals surface area (Å²) in [6.07, 6.45) is 5.12. The Morgan fingerprint density at radius 2 is 2.16 bits per heavy atom. The minimum Gasteiger partial charge on any atom is -0.477 e. The van der Waals surface area contributed by atoms with Crippen molar-refractivity contribution < 1.29 is 9.90 Å². The Balaban J connectivity index is 2.09. The number of hydrogen-bond acceptors (Lipinski definition) is 4. The zero-order chi connectivity index (χ0) is 13.8. The van der Waals surface area contributed by atoms with Gasteiger partial charge in [0.1, 0.15) is 5.82 Å². The average molecular weight is 260 g/mol. The molecule has 0 spiro atoms. The maximum Gasteiger partial charge on any atom is 0.354 e. The quantitative estimate of drug-likeness (QED) is 0.873. The molecule has 0 aliphatic rings. The number of pyridine rings is 1. The Labute approximate surface area is 111 Å². The van der Waals surface area contributed by atoms with Crippen LogP contribution in [-0.2, 0) is 20.1 Å². The summed E-state index contributed by atoms with van der Waals surface area (Å²) in [5.41, 5.74) is 0.806. The minimum absolute atomic E-state index is 0.106. The van der Waals surface area contributed by atoms with E-state index >= 15 is 0 Å². The smallest absolute Gasteiger partial charge is 0.354 e. The van der Waals surface area contributed by atoms with E-state index in [0.717, 1.165) is 5.82 Å². The van der Waals surface area contributed by atoms with Gasteiger partial charge >= 0.3 is 5.97 Å². The molecule has 2 aromatic heterocycles. The first kappa shape index (κ1) is 13.2. The van der Waals surface area contributed by atoms with Crippen LogP contribution in [0.25, 0.3) is 0 Å². The Kier molecular flexibility index (Phi) is 3.91. The second-order valence-corrected chi connectivity index (χ2v) is 4.44. The van der Waals surface area contributed by atoms with Crippen molar-refractivity contribution in [1.82, 2.24) is 19.4 Å². The van der Waals surface area contributed by atoms with Crippen LogP contribution in [0.4, 0.5) is 0 Å². The Bertz CT molecular complexity index is 580. The van der Waals surface area contributed by atoms with E-state index in [1.807, 2.05) is 29.8 Å². The average Bonchev–Trinajstić information content (AvgIpc) is 2.75. The minimum atomic E-state index is -0.999. The molecule has 0 aliphatic heterocycles. The molecule has 0 bridgehead atoms. The van der Waals surface area contributed by atoms with Crippen molar-refractivity contribution in [2.75, 3.05) is 7.05 Å². The summed E-state index contributed by atoms with van der Waals surface area (Å²) >= 11 is 0. The first-order valence-electron chi connectivity index (χ1n) is 5.90. The van der Waals surface area contributed by atoms with Crippen molar-refractivity contribution in [2.24, 2.45) is 7.05 Å². The van der Waals surface area contributed by atoms with Crippen LogP contribution in [0.5, 0.6) is 0 Å². The molecule has 0 saturated heterocycles. The summed E-state index contributed by atoms with van der Waals surface area (Å²) < 4.78 is 1.94. The Morgan fingerprint density at radius 1 is 1.37 bits per heavy atom. The van der Waals surface area contributed by atoms with Gasteiger partial charge in [-0.15, -0.1) is 0 Å². The van der Waals surface area contributed by atoms with Crippen LogP contribution in [0.15, 0.2) is 30.7 Å². The molecule has 6 heteroatoms. The summed E-state index contributed by atoms with van der Waals surface area (Å²) in [5, 5.41) is 9.08. The van der Waals surface area contributed by atoms with E-state index in [-0.39, 0.29) is 5.69 Å². The van der Waals surface area contributed by atoms with Gasteiger partial charge < -0.3 is 9.67 Å². The van der Waals surface area contributed by atoms with Crippen molar-refractivity contribution in [3.8, 4) is 0 Å². The van der Waals surface area contributed by atoms with Gasteiger partial charge in [0, 0.05) is 32.2 Å². The summed E-state index contributed by atoms with van der Waals surface area (Å²) in [7, 11) is 3.86. The number of carbonyl (C=O) groups is 1. The number of carboxylic acid groups (broad SMARTS) is 1. The molecule has 1 N–H and O–H groups in total. The van der Waals surface area contributed by atoms with Gasteiger partial charge in [-0.25, -0.2) is 14.8 Å². The SMILES string of the molecule is CN(Cc1cccnc1C(=O)O)Cc1nccn1C. The summed E-state index contributed by atoms with van der Waals surface area (Å²) in [4.78, 5) is 21.2. The third kappa shape index (κ3) is 3.17. The highest BCUT2D eigenvalue weighted by molar-refractivity contribution is 5.86. The summed E-state index contributed by atoms with van der Waals surface area (Å²) in [5.74, 6) is -0.0655. The molecular weight excluding hydrogens is 244 g/mol. The molecule has 2 heterocycles. The maximum atomic E-state index is 11.1. The van der Waals surface area contributed by atoms with Crippen molar-refractivity contribution in [3.05, 3.63) is 47.8 Å². The van der Waals surface area contributed by atoms with Crippen LogP contribution < -0.4 is 0 Å². The highest BCUT2D eigenvalue weighted by Crippen LogP contribution is 2.10. The molecule has 0 fully saturated rings. The van der Waals surface area contributed by atoms with Crippen LogP contribution in [0, 0.1) is 0 Å². The van der Waals surface area contributed by atoms with Crippen molar-refractivity contribution in [1.29, 1.82) is 0 Å². The number of aromatic nitrogens is 3. The van der Waals surface area contributed by atoms with Crippen molar-refractivity contribution in [2.45, 2.75) is 13.1 Å². The highest BCUT2D eigenvalue weighted by atomic mass is 16.4. The fraction of sp³-hybridized carbons (Fsp3) is 0.308. The maximum absolute atomic E-state index is 11.1. The van der Waals surface area contributed by atoms with Gasteiger partial charge in [0.05, 0.1) is 6.54 Å². The molecule has 0 unspecified atom stereocenters. The van der Waals surface area contributed by atoms with E-state index < -0.39 is 5.97 Å². The number of aromatic carboxylic acids is 1. The van der Waals surface area contributed by atoms with Crippen LogP contribution in [0.3, 0.4) is 0 Å². The molecule has 2 aromatic rings. The molecule has 2 rings (SSSR count). The lowest BCUT2D eigenvalue weighted by Gasteiger charge is -2.17. The fourth-order valence-electron chi connectivity index (χ4n) is 1.90. The lowest BCUT2D eigenvalue weighted by atomic mass is 10.2. The summed E-state index contributed by atoms with van der Waals surface area (Å²) in [6, 6.07) is 3.53. The van der Waals surface area contributed by atoms with Crippen LogP contribution >= 0.6 is 0 Å². The number of rotatable bonds is 5. The number of carboxylic acids is 1. The predicted octanol–water partition coefficient (Wildman–Crippen LogP) is 1.15. The lowest BCUT2D eigenvalue weighted by Crippen LogP contribution is -2.21. The van der Waals surface area contributed by atoms with E-state index in [1.54, 1.807) is 18.3 Å². The van der Waals surface area contributed by atoms with E-state index in [4.69, 9.17) is 5.11 Å². The molecule has 0 radical (unpaired) electrons. The monoisotopic (exact) mass is 260 g/mol. The number of aryl methyl sites for hydroxylation is 1. The van der Waals surface area contributed by atoms with E-state index in [9.17, 15) is 4.79 Å². The van der Waals surface area contributed by atoms with Gasteiger partial charge in [0.25, 0.3) is 0 Å².